The fraction of sp³-hybridized carbons (Fsp3) is 0. The Morgan fingerprint density at radius 2 is 1.89 bits per heavy atom. The topological polar surface area (TPSA) is 29.1 Å². The quantitative estimate of drug-likeness (QED) is 0.672. The highest BCUT2D eigenvalue weighted by Gasteiger charge is 1.98. The highest BCUT2D eigenvalue weighted by Crippen LogP contribution is 2.18. The predicted molar refractivity (Wildman–Crippen MR) is 76.5 cm³/mol. The summed E-state index contributed by atoms with van der Waals surface area (Å²) in [4.78, 5) is 12.6. The summed E-state index contributed by atoms with van der Waals surface area (Å²) in [6.07, 6.45) is 1.42. The maximum atomic E-state index is 12.9. The zero-order valence-corrected chi connectivity index (χ0v) is 10.9. The number of carbonyl (C=O) groups is 1. The summed E-state index contributed by atoms with van der Waals surface area (Å²) in [5, 5.41) is 4.29. The average Bonchev–Trinajstić information content (AvgIpc) is 2.40. The molecule has 2 aromatic rings. The molecule has 2 aromatic carbocycles. The van der Waals surface area contributed by atoms with E-state index in [2.05, 4.69) is 5.32 Å². The largest absolute Gasteiger partial charge is 0.322 e. The molecule has 0 spiro atoms. The van der Waals surface area contributed by atoms with Crippen LogP contribution in [0.25, 0.3) is 0 Å². The molecule has 0 aliphatic rings. The third-order valence-electron chi connectivity index (χ3n) is 2.26. The van der Waals surface area contributed by atoms with Crippen molar-refractivity contribution in [3.05, 3.63) is 71.9 Å². The van der Waals surface area contributed by atoms with Crippen molar-refractivity contribution < 1.29 is 9.18 Å². The van der Waals surface area contributed by atoms with Gasteiger partial charge in [0.2, 0.25) is 5.91 Å². The lowest BCUT2D eigenvalue weighted by atomic mass is 10.3. The lowest BCUT2D eigenvalue weighted by Crippen LogP contribution is -2.07. The van der Waals surface area contributed by atoms with Gasteiger partial charge < -0.3 is 5.32 Å². The first-order valence-electron chi connectivity index (χ1n) is 5.69. The van der Waals surface area contributed by atoms with Crippen LogP contribution < -0.4 is 5.32 Å². The Labute approximate surface area is 115 Å². The van der Waals surface area contributed by atoms with Crippen LogP contribution in [-0.4, -0.2) is 5.91 Å². The molecule has 96 valence electrons. The lowest BCUT2D eigenvalue weighted by Gasteiger charge is -2.01. The van der Waals surface area contributed by atoms with E-state index in [9.17, 15) is 9.18 Å². The maximum absolute atomic E-state index is 12.9. The summed E-state index contributed by atoms with van der Waals surface area (Å²) >= 11 is 1.45. The van der Waals surface area contributed by atoms with Gasteiger partial charge in [0.1, 0.15) is 5.82 Å². The molecule has 1 N–H and O–H groups in total. The molecule has 4 heteroatoms. The van der Waals surface area contributed by atoms with E-state index in [1.807, 2.05) is 30.3 Å². The monoisotopic (exact) mass is 273 g/mol. The average molecular weight is 273 g/mol. The van der Waals surface area contributed by atoms with Gasteiger partial charge in [0.15, 0.2) is 0 Å². The molecule has 0 aromatic heterocycles. The molecule has 2 rings (SSSR count). The first-order chi connectivity index (χ1) is 9.24. The van der Waals surface area contributed by atoms with Crippen LogP contribution in [0.4, 0.5) is 10.1 Å². The minimum absolute atomic E-state index is 0.283. The van der Waals surface area contributed by atoms with Crippen molar-refractivity contribution in [1.29, 1.82) is 0 Å². The van der Waals surface area contributed by atoms with Crippen LogP contribution in [0.5, 0.6) is 0 Å². The van der Waals surface area contributed by atoms with Gasteiger partial charge in [0.05, 0.1) is 0 Å². The van der Waals surface area contributed by atoms with Gasteiger partial charge >= 0.3 is 0 Å². The number of amides is 1. The Hall–Kier alpha value is -2.07. The van der Waals surface area contributed by atoms with Crippen molar-refractivity contribution in [3.8, 4) is 0 Å². The van der Waals surface area contributed by atoms with Gasteiger partial charge in [-0.3, -0.25) is 4.79 Å². The molecule has 2 nitrogen and oxygen atoms in total. The van der Waals surface area contributed by atoms with E-state index in [4.69, 9.17) is 0 Å². The number of rotatable bonds is 4. The predicted octanol–water partition coefficient (Wildman–Crippen LogP) is 4.07. The van der Waals surface area contributed by atoms with Gasteiger partial charge in [0.25, 0.3) is 0 Å². The van der Waals surface area contributed by atoms with Crippen LogP contribution in [0.1, 0.15) is 0 Å². The standard InChI is InChI=1S/C15H12FNOS/c16-12-5-4-6-13(11-12)17-15(18)9-10-19-14-7-2-1-3-8-14/h1-11H,(H,17,18). The molecule has 1 amide bonds. The van der Waals surface area contributed by atoms with E-state index in [-0.39, 0.29) is 11.7 Å². The third-order valence-corrected chi connectivity index (χ3v) is 3.08. The molecular weight excluding hydrogens is 261 g/mol. The zero-order valence-electron chi connectivity index (χ0n) is 10.0. The Morgan fingerprint density at radius 1 is 1.11 bits per heavy atom. The molecule has 0 unspecified atom stereocenters. The van der Waals surface area contributed by atoms with Crippen LogP contribution in [-0.2, 0) is 4.79 Å². The minimum atomic E-state index is -0.375. The van der Waals surface area contributed by atoms with Crippen LogP contribution in [0.3, 0.4) is 0 Å². The van der Waals surface area contributed by atoms with Crippen LogP contribution in [0, 0.1) is 5.82 Å². The molecule has 0 aliphatic carbocycles. The fourth-order valence-electron chi connectivity index (χ4n) is 1.42. The summed E-state index contributed by atoms with van der Waals surface area (Å²) in [7, 11) is 0. The van der Waals surface area contributed by atoms with E-state index in [0.717, 1.165) is 4.90 Å². The van der Waals surface area contributed by atoms with Crippen molar-refractivity contribution in [3.63, 3.8) is 0 Å². The van der Waals surface area contributed by atoms with Crippen molar-refractivity contribution in [2.24, 2.45) is 0 Å². The molecule has 0 heterocycles. The van der Waals surface area contributed by atoms with Crippen molar-refractivity contribution in [1.82, 2.24) is 0 Å². The first-order valence-corrected chi connectivity index (χ1v) is 6.57. The summed E-state index contributed by atoms with van der Waals surface area (Å²) in [6, 6.07) is 15.5. The Kier molecular flexibility index (Phi) is 4.75. The molecular formula is C15H12FNOS. The Balaban J connectivity index is 1.88. The van der Waals surface area contributed by atoms with Gasteiger partial charge in [0, 0.05) is 16.7 Å². The highest BCUT2D eigenvalue weighted by atomic mass is 32.2. The summed E-state index contributed by atoms with van der Waals surface area (Å²) < 4.78 is 12.9. The minimum Gasteiger partial charge on any atom is -0.322 e. The number of thioether (sulfide) groups is 1. The van der Waals surface area contributed by atoms with E-state index in [1.165, 1.54) is 30.0 Å². The van der Waals surface area contributed by atoms with E-state index in [0.29, 0.717) is 5.69 Å². The molecule has 19 heavy (non-hydrogen) atoms. The number of halogens is 1. The van der Waals surface area contributed by atoms with Crippen molar-refractivity contribution >= 4 is 23.4 Å². The van der Waals surface area contributed by atoms with Gasteiger partial charge in [-0.05, 0) is 35.7 Å². The number of benzene rings is 2. The summed E-state index contributed by atoms with van der Waals surface area (Å²) in [5.74, 6) is -0.658. The summed E-state index contributed by atoms with van der Waals surface area (Å²) in [6.45, 7) is 0. The number of anilines is 1. The Morgan fingerprint density at radius 3 is 2.63 bits per heavy atom. The van der Waals surface area contributed by atoms with Gasteiger partial charge in [-0.15, -0.1) is 0 Å². The second-order valence-corrected chi connectivity index (χ2v) is 4.71. The second-order valence-electron chi connectivity index (χ2n) is 3.73. The molecule has 0 saturated carbocycles. The number of hydrogen-bond donors (Lipinski definition) is 1. The second kappa shape index (κ2) is 6.75. The third kappa shape index (κ3) is 4.60. The van der Waals surface area contributed by atoms with E-state index >= 15 is 0 Å². The zero-order chi connectivity index (χ0) is 13.5. The van der Waals surface area contributed by atoms with Crippen molar-refractivity contribution in [2.75, 3.05) is 5.32 Å². The van der Waals surface area contributed by atoms with Crippen LogP contribution in [0.2, 0.25) is 0 Å². The molecule has 0 aliphatic heterocycles. The fourth-order valence-corrected chi connectivity index (χ4v) is 2.09. The summed E-state index contributed by atoms with van der Waals surface area (Å²) in [5.41, 5.74) is 0.444. The number of hydrogen-bond acceptors (Lipinski definition) is 2. The molecule has 0 bridgehead atoms. The SMILES string of the molecule is O=C(C=CSc1ccccc1)Nc1cccc(F)c1. The van der Waals surface area contributed by atoms with Gasteiger partial charge in [-0.2, -0.15) is 0 Å². The van der Waals surface area contributed by atoms with Crippen LogP contribution >= 0.6 is 11.8 Å². The van der Waals surface area contributed by atoms with Crippen molar-refractivity contribution in [2.45, 2.75) is 4.90 Å². The first kappa shape index (κ1) is 13.4. The molecule has 0 radical (unpaired) electrons. The van der Waals surface area contributed by atoms with Gasteiger partial charge in [-0.1, -0.05) is 36.0 Å². The molecule has 0 fully saturated rings. The van der Waals surface area contributed by atoms with E-state index in [1.54, 1.807) is 17.5 Å². The van der Waals surface area contributed by atoms with E-state index < -0.39 is 0 Å². The molecule has 0 atom stereocenters. The maximum Gasteiger partial charge on any atom is 0.248 e. The lowest BCUT2D eigenvalue weighted by molar-refractivity contribution is -0.111. The normalized spacial score (nSPS) is 10.6. The Bertz CT molecular complexity index is 584. The number of carbonyl (C=O) groups excluding carboxylic acids is 1. The highest BCUT2D eigenvalue weighted by molar-refractivity contribution is 8.02. The molecule has 0 saturated heterocycles. The van der Waals surface area contributed by atoms with Crippen LogP contribution in [0.15, 0.2) is 71.0 Å². The smallest absolute Gasteiger partial charge is 0.248 e. The van der Waals surface area contributed by atoms with Gasteiger partial charge in [-0.25, -0.2) is 4.39 Å². The number of nitrogens with one attached hydrogen (secondary N) is 1.